The van der Waals surface area contributed by atoms with Crippen LogP contribution in [0.2, 0.25) is 0 Å². The van der Waals surface area contributed by atoms with E-state index in [0.717, 1.165) is 10.3 Å². The van der Waals surface area contributed by atoms with Gasteiger partial charge in [0.1, 0.15) is 6.54 Å². The summed E-state index contributed by atoms with van der Waals surface area (Å²) in [6, 6.07) is 5.11. The van der Waals surface area contributed by atoms with Crippen molar-refractivity contribution in [1.82, 2.24) is 24.6 Å². The fourth-order valence-corrected chi connectivity index (χ4v) is 4.35. The number of pyridine rings is 1. The van der Waals surface area contributed by atoms with E-state index in [0.29, 0.717) is 28.1 Å². The molecule has 34 heavy (non-hydrogen) atoms. The number of ether oxygens (including phenoxy) is 1. The molecule has 1 aromatic carbocycles. The number of amides is 2. The number of nitrogens with one attached hydrogen (secondary N) is 1. The van der Waals surface area contributed by atoms with Crippen molar-refractivity contribution in [3.8, 4) is 0 Å². The van der Waals surface area contributed by atoms with Crippen molar-refractivity contribution < 1.29 is 27.5 Å². The molecule has 1 saturated heterocycles. The number of benzene rings is 1. The summed E-state index contributed by atoms with van der Waals surface area (Å²) in [5.41, 5.74) is 2.97. The molecule has 12 heteroatoms. The lowest BCUT2D eigenvalue weighted by Crippen LogP contribution is -2.57. The van der Waals surface area contributed by atoms with Crippen LogP contribution in [-0.4, -0.2) is 74.9 Å². The second-order valence-corrected chi connectivity index (χ2v) is 8.25. The van der Waals surface area contributed by atoms with Crippen LogP contribution in [0.5, 0.6) is 0 Å². The number of carbonyl (C=O) groups excluding carboxylic acids is 2. The second-order valence-electron chi connectivity index (χ2n) is 8.25. The number of carbonyl (C=O) groups is 2. The fourth-order valence-electron chi connectivity index (χ4n) is 4.35. The number of anilines is 2. The van der Waals surface area contributed by atoms with Gasteiger partial charge >= 0.3 is 6.18 Å². The fraction of sp³-hybridized carbons (Fsp3) is 0.364. The molecule has 0 saturated carbocycles. The van der Waals surface area contributed by atoms with Gasteiger partial charge in [-0.25, -0.2) is 4.98 Å². The number of halogens is 3. The largest absolute Gasteiger partial charge is 0.411 e. The van der Waals surface area contributed by atoms with Gasteiger partial charge < -0.3 is 19.9 Å². The van der Waals surface area contributed by atoms with Crippen LogP contribution in [0.1, 0.15) is 15.9 Å². The van der Waals surface area contributed by atoms with E-state index >= 15 is 0 Å². The van der Waals surface area contributed by atoms with Gasteiger partial charge in [-0.1, -0.05) is 12.1 Å². The highest BCUT2D eigenvalue weighted by Crippen LogP contribution is 2.32. The Kier molecular flexibility index (Phi) is 5.39. The maximum absolute atomic E-state index is 13.3. The summed E-state index contributed by atoms with van der Waals surface area (Å²) in [4.78, 5) is 32.3. The summed E-state index contributed by atoms with van der Waals surface area (Å²) in [5, 5.41) is 8.18. The Morgan fingerprint density at radius 2 is 2.12 bits per heavy atom. The van der Waals surface area contributed by atoms with E-state index in [2.05, 4.69) is 15.4 Å². The van der Waals surface area contributed by atoms with Crippen molar-refractivity contribution in [2.45, 2.75) is 18.8 Å². The quantitative estimate of drug-likeness (QED) is 0.625. The molecule has 178 valence electrons. The van der Waals surface area contributed by atoms with E-state index in [1.165, 1.54) is 4.90 Å². The van der Waals surface area contributed by atoms with Gasteiger partial charge in [-0.15, -0.1) is 0 Å². The molecule has 0 unspecified atom stereocenters. The molecule has 0 bridgehead atoms. The lowest BCUT2D eigenvalue weighted by atomic mass is 10.1. The molecule has 3 aromatic rings. The van der Waals surface area contributed by atoms with E-state index in [4.69, 9.17) is 4.74 Å². The maximum Gasteiger partial charge on any atom is 0.411 e. The average molecular weight is 474 g/mol. The average Bonchev–Trinajstić information content (AvgIpc) is 3.33. The minimum absolute atomic E-state index is 0.0237. The van der Waals surface area contributed by atoms with Crippen molar-refractivity contribution in [3.05, 3.63) is 47.8 Å². The standard InChI is InChI=1S/C22H21F3N6O3/c1-29-20-14(8-27-29)7-15(9-26-20)28-16-4-2-3-13-10-30(21(33)19(13)16)11-18(32)31-5-6-34-12-17(31)22(23,24)25/h2-4,7-9,17,28H,5-6,10-12H2,1H3/t17-/m1/s1. The summed E-state index contributed by atoms with van der Waals surface area (Å²) in [7, 11) is 1.79. The third-order valence-electron chi connectivity index (χ3n) is 6.02. The predicted octanol–water partition coefficient (Wildman–Crippen LogP) is 2.46. The van der Waals surface area contributed by atoms with Crippen molar-refractivity contribution in [1.29, 1.82) is 0 Å². The first kappa shape index (κ1) is 22.1. The van der Waals surface area contributed by atoms with Crippen LogP contribution in [0, 0.1) is 0 Å². The van der Waals surface area contributed by atoms with E-state index in [-0.39, 0.29) is 19.7 Å². The van der Waals surface area contributed by atoms with Crippen LogP contribution in [0.3, 0.4) is 0 Å². The smallest absolute Gasteiger partial charge is 0.377 e. The molecular formula is C22H21F3N6O3. The van der Waals surface area contributed by atoms with Crippen molar-refractivity contribution in [2.24, 2.45) is 7.05 Å². The Bertz CT molecular complexity index is 1270. The Morgan fingerprint density at radius 3 is 2.91 bits per heavy atom. The van der Waals surface area contributed by atoms with Crippen LogP contribution in [0.15, 0.2) is 36.7 Å². The summed E-state index contributed by atoms with van der Waals surface area (Å²) in [6.45, 7) is -1.06. The first-order chi connectivity index (χ1) is 16.2. The number of aryl methyl sites for hydroxylation is 1. The lowest BCUT2D eigenvalue weighted by molar-refractivity contribution is -0.213. The normalized spacial score (nSPS) is 18.5. The lowest BCUT2D eigenvalue weighted by Gasteiger charge is -2.37. The number of hydrogen-bond donors (Lipinski definition) is 1. The van der Waals surface area contributed by atoms with Gasteiger partial charge in [-0.3, -0.25) is 14.3 Å². The van der Waals surface area contributed by atoms with Crippen LogP contribution >= 0.6 is 0 Å². The van der Waals surface area contributed by atoms with Crippen LogP contribution in [-0.2, 0) is 23.1 Å². The Hall–Kier alpha value is -3.67. The zero-order valence-corrected chi connectivity index (χ0v) is 18.2. The minimum Gasteiger partial charge on any atom is -0.377 e. The number of fused-ring (bicyclic) bond motifs is 2. The molecule has 4 heterocycles. The first-order valence-corrected chi connectivity index (χ1v) is 10.6. The second kappa shape index (κ2) is 8.28. The van der Waals surface area contributed by atoms with Gasteiger partial charge in [0.15, 0.2) is 11.7 Å². The summed E-state index contributed by atoms with van der Waals surface area (Å²) in [6.07, 6.45) is -1.30. The highest BCUT2D eigenvalue weighted by Gasteiger charge is 2.47. The number of alkyl halides is 3. The van der Waals surface area contributed by atoms with Gasteiger partial charge in [0.25, 0.3) is 5.91 Å². The molecule has 1 atom stereocenters. The van der Waals surface area contributed by atoms with Crippen molar-refractivity contribution >= 4 is 34.2 Å². The predicted molar refractivity (Wildman–Crippen MR) is 115 cm³/mol. The molecule has 0 aliphatic carbocycles. The van der Waals surface area contributed by atoms with Gasteiger partial charge in [-0.2, -0.15) is 18.3 Å². The van der Waals surface area contributed by atoms with Gasteiger partial charge in [0, 0.05) is 25.5 Å². The van der Waals surface area contributed by atoms with Crippen LogP contribution < -0.4 is 5.32 Å². The number of rotatable bonds is 4. The SMILES string of the molecule is Cn1ncc2cc(Nc3cccc4c3C(=O)N(CC(=O)N3CCOC[C@@H]3C(F)(F)F)C4)cnc21. The number of aromatic nitrogens is 3. The topological polar surface area (TPSA) is 92.6 Å². The monoisotopic (exact) mass is 474 g/mol. The molecule has 9 nitrogen and oxygen atoms in total. The van der Waals surface area contributed by atoms with E-state index in [9.17, 15) is 22.8 Å². The number of morpholine rings is 1. The first-order valence-electron chi connectivity index (χ1n) is 10.6. The number of hydrogen-bond acceptors (Lipinski definition) is 6. The third kappa shape index (κ3) is 3.94. The van der Waals surface area contributed by atoms with E-state index in [1.807, 2.05) is 6.07 Å². The van der Waals surface area contributed by atoms with Crippen molar-refractivity contribution in [3.63, 3.8) is 0 Å². The third-order valence-corrected chi connectivity index (χ3v) is 6.02. The van der Waals surface area contributed by atoms with Gasteiger partial charge in [-0.05, 0) is 17.7 Å². The molecule has 1 fully saturated rings. The number of nitrogens with zero attached hydrogens (tertiary/aromatic N) is 5. The molecule has 2 amide bonds. The van der Waals surface area contributed by atoms with E-state index < -0.39 is 37.2 Å². The summed E-state index contributed by atoms with van der Waals surface area (Å²) in [5.74, 6) is -1.17. The summed E-state index contributed by atoms with van der Waals surface area (Å²) >= 11 is 0. The zero-order chi connectivity index (χ0) is 24.0. The van der Waals surface area contributed by atoms with Crippen LogP contribution in [0.25, 0.3) is 11.0 Å². The minimum atomic E-state index is -4.60. The van der Waals surface area contributed by atoms with Crippen molar-refractivity contribution in [2.75, 3.05) is 31.6 Å². The maximum atomic E-state index is 13.3. The molecule has 2 aliphatic heterocycles. The molecule has 5 rings (SSSR count). The highest BCUT2D eigenvalue weighted by atomic mass is 19.4. The van der Waals surface area contributed by atoms with Gasteiger partial charge in [0.2, 0.25) is 5.91 Å². The molecule has 2 aliphatic rings. The van der Waals surface area contributed by atoms with Gasteiger partial charge in [0.05, 0.1) is 42.5 Å². The Labute approximate surface area is 192 Å². The Morgan fingerprint density at radius 1 is 1.29 bits per heavy atom. The molecule has 0 radical (unpaired) electrons. The Balaban J connectivity index is 1.34. The molecule has 0 spiro atoms. The van der Waals surface area contributed by atoms with Crippen LogP contribution in [0.4, 0.5) is 24.5 Å². The molecule has 1 N–H and O–H groups in total. The highest BCUT2D eigenvalue weighted by molar-refractivity contribution is 6.05. The molecular weight excluding hydrogens is 453 g/mol. The summed E-state index contributed by atoms with van der Waals surface area (Å²) < 4.78 is 46.6. The molecule has 2 aromatic heterocycles. The zero-order valence-electron chi connectivity index (χ0n) is 18.2. The van der Waals surface area contributed by atoms with E-state index in [1.54, 1.807) is 42.3 Å².